The van der Waals surface area contributed by atoms with Crippen LogP contribution >= 0.6 is 0 Å². The normalized spacial score (nSPS) is 33.2. The quantitative estimate of drug-likeness (QED) is 0.170. The molecule has 1 aliphatic carbocycles. The lowest BCUT2D eigenvalue weighted by atomic mass is 9.82. The number of methoxy groups -OCH3 is 1. The molecule has 2 saturated heterocycles. The van der Waals surface area contributed by atoms with E-state index in [1.54, 1.807) is 6.92 Å². The van der Waals surface area contributed by atoms with Crippen LogP contribution in [0.1, 0.15) is 37.4 Å². The summed E-state index contributed by atoms with van der Waals surface area (Å²) in [6.07, 6.45) is -14.4. The van der Waals surface area contributed by atoms with Crippen LogP contribution in [0.15, 0.2) is 24.3 Å². The molecule has 14 heteroatoms. The van der Waals surface area contributed by atoms with Gasteiger partial charge in [0, 0.05) is 17.2 Å². The molecule has 3 aliphatic rings. The molecule has 2 aliphatic heterocycles. The first-order valence-electron chi connectivity index (χ1n) is 12.7. The average Bonchev–Trinajstić information content (AvgIpc) is 2.94. The molecular formula is C27H30O14. The number of hydrogen-bond acceptors (Lipinski definition) is 14. The SMILES string of the molecule is COc1cc(O[C@@H]2O[C@H](CO[C@@H]3OC[C@@H](O)[C@H](O)[C@H]3O)[C@@H](O)[C@H](O)[C@H]2O)c2c(c1)C(=O)c1cc(C)cc(O)c1C2=O. The van der Waals surface area contributed by atoms with Crippen molar-refractivity contribution in [2.45, 2.75) is 62.2 Å². The maximum absolute atomic E-state index is 13.5. The largest absolute Gasteiger partial charge is 0.507 e. The van der Waals surface area contributed by atoms with Gasteiger partial charge < -0.3 is 59.4 Å². The lowest BCUT2D eigenvalue weighted by molar-refractivity contribution is -0.307. The predicted molar refractivity (Wildman–Crippen MR) is 134 cm³/mol. The molecule has 0 bridgehead atoms. The number of benzene rings is 2. The Kier molecular flexibility index (Phi) is 8.04. The van der Waals surface area contributed by atoms with Crippen LogP contribution in [0.25, 0.3) is 0 Å². The van der Waals surface area contributed by atoms with Gasteiger partial charge in [-0.05, 0) is 30.7 Å². The first-order valence-corrected chi connectivity index (χ1v) is 12.7. The van der Waals surface area contributed by atoms with Crippen molar-refractivity contribution in [1.82, 2.24) is 0 Å². The first-order chi connectivity index (χ1) is 19.4. The van der Waals surface area contributed by atoms with E-state index in [0.29, 0.717) is 5.56 Å². The Morgan fingerprint density at radius 2 is 1.51 bits per heavy atom. The van der Waals surface area contributed by atoms with Crippen LogP contribution in [0, 0.1) is 6.92 Å². The van der Waals surface area contributed by atoms with E-state index in [1.807, 2.05) is 0 Å². The number of aryl methyl sites for hydroxylation is 1. The number of aromatic hydroxyl groups is 1. The highest BCUT2D eigenvalue weighted by atomic mass is 16.7. The lowest BCUT2D eigenvalue weighted by Crippen LogP contribution is -2.61. The second kappa shape index (κ2) is 11.2. The standard InChI is InChI=1S/C27H30O14/c1-9-3-11-17(13(28)4-9)22(33)18-12(19(11)30)5-10(37-2)6-15(18)40-27-25(36)23(34)21(32)16(41-27)8-39-26-24(35)20(31)14(29)7-38-26/h3-6,14,16,20-21,23-29,31-32,34-36H,7-8H2,1-2H3/t14-,16-,20+,21-,23+,24-,25-,26+,27-/m1/s1. The van der Waals surface area contributed by atoms with Gasteiger partial charge in [0.15, 0.2) is 12.1 Å². The summed E-state index contributed by atoms with van der Waals surface area (Å²) >= 11 is 0. The smallest absolute Gasteiger partial charge is 0.229 e. The fourth-order valence-electron chi connectivity index (χ4n) is 5.06. The first kappa shape index (κ1) is 29.3. The monoisotopic (exact) mass is 578 g/mol. The summed E-state index contributed by atoms with van der Waals surface area (Å²) in [7, 11) is 1.32. The third-order valence-corrected chi connectivity index (χ3v) is 7.31. The molecule has 0 saturated carbocycles. The van der Waals surface area contributed by atoms with Gasteiger partial charge in [0.1, 0.15) is 60.0 Å². The van der Waals surface area contributed by atoms with E-state index in [2.05, 4.69) is 0 Å². The fraction of sp³-hybridized carbons (Fsp3) is 0.481. The molecule has 0 amide bonds. The zero-order chi connectivity index (χ0) is 29.7. The second-order valence-electron chi connectivity index (χ2n) is 10.1. The minimum Gasteiger partial charge on any atom is -0.507 e. The fourth-order valence-corrected chi connectivity index (χ4v) is 5.06. The number of hydrogen-bond donors (Lipinski definition) is 7. The Hall–Kier alpha value is -3.18. The summed E-state index contributed by atoms with van der Waals surface area (Å²) in [6.45, 7) is 0.793. The maximum Gasteiger partial charge on any atom is 0.229 e. The zero-order valence-electron chi connectivity index (χ0n) is 21.9. The van der Waals surface area contributed by atoms with Crippen LogP contribution < -0.4 is 9.47 Å². The topological polar surface area (TPSA) is 222 Å². The van der Waals surface area contributed by atoms with Crippen LogP contribution in [-0.4, -0.2) is 123 Å². The third kappa shape index (κ3) is 5.18. The Bertz CT molecular complexity index is 1340. The van der Waals surface area contributed by atoms with Crippen molar-refractivity contribution >= 4 is 11.6 Å². The number of carbonyl (C=O) groups is 2. The highest BCUT2D eigenvalue weighted by Crippen LogP contribution is 2.41. The van der Waals surface area contributed by atoms with E-state index < -0.39 is 79.2 Å². The zero-order valence-corrected chi connectivity index (χ0v) is 21.9. The van der Waals surface area contributed by atoms with Crippen molar-refractivity contribution in [3.05, 3.63) is 52.1 Å². The molecular weight excluding hydrogens is 548 g/mol. The molecule has 9 atom stereocenters. The van der Waals surface area contributed by atoms with Crippen LogP contribution in [-0.2, 0) is 14.2 Å². The van der Waals surface area contributed by atoms with Gasteiger partial charge in [0.25, 0.3) is 0 Å². The molecule has 2 fully saturated rings. The molecule has 2 aromatic rings. The van der Waals surface area contributed by atoms with Crippen molar-refractivity contribution in [3.63, 3.8) is 0 Å². The Labute approximate surface area is 232 Å². The van der Waals surface area contributed by atoms with Crippen LogP contribution in [0.2, 0.25) is 0 Å². The van der Waals surface area contributed by atoms with E-state index in [-0.39, 0.29) is 40.4 Å². The van der Waals surface area contributed by atoms with E-state index in [0.717, 1.165) is 0 Å². The van der Waals surface area contributed by atoms with E-state index in [4.69, 9.17) is 23.7 Å². The van der Waals surface area contributed by atoms with Gasteiger partial charge in [-0.1, -0.05) is 0 Å². The van der Waals surface area contributed by atoms with E-state index in [1.165, 1.54) is 31.4 Å². The van der Waals surface area contributed by atoms with Crippen LogP contribution in [0.3, 0.4) is 0 Å². The summed E-state index contributed by atoms with van der Waals surface area (Å²) < 4.78 is 27.3. The van der Waals surface area contributed by atoms with Crippen molar-refractivity contribution < 1.29 is 69.0 Å². The number of aliphatic hydroxyl groups excluding tert-OH is 6. The number of phenols is 1. The molecule has 7 N–H and O–H groups in total. The number of fused-ring (bicyclic) bond motifs is 2. The van der Waals surface area contributed by atoms with Gasteiger partial charge >= 0.3 is 0 Å². The van der Waals surface area contributed by atoms with Gasteiger partial charge in [-0.15, -0.1) is 0 Å². The van der Waals surface area contributed by atoms with Crippen LogP contribution in [0.5, 0.6) is 17.2 Å². The number of ether oxygens (including phenoxy) is 5. The van der Waals surface area contributed by atoms with Crippen molar-refractivity contribution in [1.29, 1.82) is 0 Å². The van der Waals surface area contributed by atoms with Gasteiger partial charge in [-0.25, -0.2) is 0 Å². The Morgan fingerprint density at radius 1 is 0.829 bits per heavy atom. The molecule has 0 radical (unpaired) electrons. The molecule has 14 nitrogen and oxygen atoms in total. The van der Waals surface area contributed by atoms with Crippen molar-refractivity contribution in [2.75, 3.05) is 20.3 Å². The van der Waals surface area contributed by atoms with E-state index >= 15 is 0 Å². The van der Waals surface area contributed by atoms with E-state index in [9.17, 15) is 45.3 Å². The molecule has 0 unspecified atom stereocenters. The lowest BCUT2D eigenvalue weighted by Gasteiger charge is -2.41. The van der Waals surface area contributed by atoms with Gasteiger partial charge in [-0.3, -0.25) is 9.59 Å². The van der Waals surface area contributed by atoms with Crippen molar-refractivity contribution in [3.8, 4) is 17.2 Å². The molecule has 0 spiro atoms. The van der Waals surface area contributed by atoms with Gasteiger partial charge in [0.05, 0.1) is 31.5 Å². The Balaban J connectivity index is 1.42. The third-order valence-electron chi connectivity index (χ3n) is 7.31. The Morgan fingerprint density at radius 3 is 2.22 bits per heavy atom. The number of carbonyl (C=O) groups excluding carboxylic acids is 2. The van der Waals surface area contributed by atoms with Gasteiger partial charge in [-0.2, -0.15) is 0 Å². The summed E-state index contributed by atoms with van der Waals surface area (Å²) in [6, 6.07) is 5.40. The summed E-state index contributed by atoms with van der Waals surface area (Å²) in [5, 5.41) is 71.7. The summed E-state index contributed by atoms with van der Waals surface area (Å²) in [5.41, 5.74) is -0.00158. The summed E-state index contributed by atoms with van der Waals surface area (Å²) in [5.74, 6) is -1.86. The second-order valence-corrected chi connectivity index (χ2v) is 10.1. The predicted octanol–water partition coefficient (Wildman–Crippen LogP) is -1.87. The number of aliphatic hydroxyl groups is 6. The van der Waals surface area contributed by atoms with Crippen molar-refractivity contribution in [2.24, 2.45) is 0 Å². The van der Waals surface area contributed by atoms with Gasteiger partial charge in [0.2, 0.25) is 12.1 Å². The number of ketones is 2. The molecule has 2 aromatic carbocycles. The molecule has 222 valence electrons. The highest BCUT2D eigenvalue weighted by Gasteiger charge is 2.47. The molecule has 0 aromatic heterocycles. The number of phenolic OH excluding ortho intramolecular Hbond substituents is 1. The minimum absolute atomic E-state index is 0.00586. The highest BCUT2D eigenvalue weighted by molar-refractivity contribution is 6.30. The summed E-state index contributed by atoms with van der Waals surface area (Å²) in [4.78, 5) is 26.9. The maximum atomic E-state index is 13.5. The number of rotatable bonds is 6. The molecule has 5 rings (SSSR count). The minimum atomic E-state index is -1.84. The molecule has 2 heterocycles. The van der Waals surface area contributed by atoms with Crippen LogP contribution in [0.4, 0.5) is 0 Å². The molecule has 41 heavy (non-hydrogen) atoms. The average molecular weight is 579 g/mol.